The molecule has 0 amide bonds. The van der Waals surface area contributed by atoms with Crippen LogP contribution in [-0.4, -0.2) is 11.8 Å². The van der Waals surface area contributed by atoms with E-state index in [0.717, 1.165) is 5.56 Å². The van der Waals surface area contributed by atoms with E-state index in [1.807, 2.05) is 37.3 Å². The van der Waals surface area contributed by atoms with E-state index in [4.69, 9.17) is 15.8 Å². The molecule has 0 aliphatic heterocycles. The molecule has 0 fully saturated rings. The predicted octanol–water partition coefficient (Wildman–Crippen LogP) is 4.32. The Morgan fingerprint density at radius 2 is 1.79 bits per heavy atom. The second-order valence-corrected chi connectivity index (χ2v) is 4.41. The third kappa shape index (κ3) is 5.31. The van der Waals surface area contributed by atoms with Gasteiger partial charge in [-0.1, -0.05) is 40.6 Å². The zero-order valence-electron chi connectivity index (χ0n) is 11.0. The number of ether oxygens (including phenoxy) is 1. The highest BCUT2D eigenvalue weighted by Gasteiger charge is 2.24. The summed E-state index contributed by atoms with van der Waals surface area (Å²) in [4.78, 5) is 5.40. The number of nitrogens with zero attached hydrogens (tertiary/aromatic N) is 6. The largest absolute Gasteiger partial charge is 0.374 e. The van der Waals surface area contributed by atoms with Gasteiger partial charge in [0.2, 0.25) is 0 Å². The fourth-order valence-corrected chi connectivity index (χ4v) is 1.71. The summed E-state index contributed by atoms with van der Waals surface area (Å²) in [5, 5.41) is 7.04. The molecule has 7 heteroatoms. The molecular formula is C12H16N6O. The number of benzene rings is 1. The number of hydrogen-bond donors (Lipinski definition) is 0. The first-order valence-electron chi connectivity index (χ1n) is 5.87. The third-order valence-electron chi connectivity index (χ3n) is 2.57. The lowest BCUT2D eigenvalue weighted by molar-refractivity contribution is 0.0348. The van der Waals surface area contributed by atoms with Gasteiger partial charge in [0.15, 0.2) is 0 Å². The maximum atomic E-state index is 8.48. The molecule has 0 aliphatic carbocycles. The molecule has 1 aromatic rings. The van der Waals surface area contributed by atoms with Gasteiger partial charge in [-0.2, -0.15) is 0 Å². The summed E-state index contributed by atoms with van der Waals surface area (Å²) >= 11 is 0. The molecule has 1 aromatic carbocycles. The van der Waals surface area contributed by atoms with Crippen molar-refractivity contribution < 1.29 is 4.74 Å². The van der Waals surface area contributed by atoms with Crippen molar-refractivity contribution in [3.63, 3.8) is 0 Å². The van der Waals surface area contributed by atoms with Gasteiger partial charge in [-0.15, -0.1) is 0 Å². The Labute approximate surface area is 111 Å². The van der Waals surface area contributed by atoms with Crippen molar-refractivity contribution in [3.8, 4) is 0 Å². The van der Waals surface area contributed by atoms with Crippen LogP contribution in [0.1, 0.15) is 25.8 Å². The minimum atomic E-state index is -1.14. The summed E-state index contributed by atoms with van der Waals surface area (Å²) in [6, 6.07) is 9.74. The zero-order valence-corrected chi connectivity index (χ0v) is 11.0. The van der Waals surface area contributed by atoms with E-state index in [1.54, 1.807) is 6.92 Å². The fraction of sp³-hybridized carbons (Fsp3) is 0.500. The van der Waals surface area contributed by atoms with Crippen molar-refractivity contribution >= 4 is 0 Å². The Morgan fingerprint density at radius 3 is 2.32 bits per heavy atom. The highest BCUT2D eigenvalue weighted by molar-refractivity contribution is 5.13. The number of azide groups is 1. The Hall–Kier alpha value is -2.20. The standard InChI is InChI=1S/C12H16N6O/c1-10(8-12(2,15-17-13)16-18-14)19-9-11-6-4-3-5-7-11/h3-7,10H,8-9H2,1-2H3. The lowest BCUT2D eigenvalue weighted by Crippen LogP contribution is -2.25. The van der Waals surface area contributed by atoms with Crippen LogP contribution >= 0.6 is 0 Å². The summed E-state index contributed by atoms with van der Waals surface area (Å²) in [5.41, 5.74) is 16.9. The number of rotatable bonds is 7. The van der Waals surface area contributed by atoms with E-state index >= 15 is 0 Å². The van der Waals surface area contributed by atoms with E-state index < -0.39 is 5.66 Å². The normalized spacial score (nSPS) is 14.6. The van der Waals surface area contributed by atoms with Crippen molar-refractivity contribution in [3.05, 3.63) is 56.8 Å². The SMILES string of the molecule is CC(CC(C)(N=[N+]=[N-])N=[N+]=[N-])OCc1ccccc1. The molecule has 0 heterocycles. The second-order valence-electron chi connectivity index (χ2n) is 4.41. The first-order chi connectivity index (χ1) is 9.09. The highest BCUT2D eigenvalue weighted by atomic mass is 16.5. The van der Waals surface area contributed by atoms with Crippen LogP contribution in [0.5, 0.6) is 0 Å². The van der Waals surface area contributed by atoms with Gasteiger partial charge in [0, 0.05) is 9.82 Å². The van der Waals surface area contributed by atoms with E-state index in [1.165, 1.54) is 0 Å². The van der Waals surface area contributed by atoms with Crippen LogP contribution in [0.2, 0.25) is 0 Å². The molecule has 0 aliphatic rings. The molecule has 0 saturated carbocycles. The molecule has 19 heavy (non-hydrogen) atoms. The van der Waals surface area contributed by atoms with Crippen molar-refractivity contribution in [2.75, 3.05) is 0 Å². The molecule has 0 aromatic heterocycles. The van der Waals surface area contributed by atoms with E-state index in [-0.39, 0.29) is 6.10 Å². The van der Waals surface area contributed by atoms with E-state index in [2.05, 4.69) is 20.1 Å². The average molecular weight is 260 g/mol. The van der Waals surface area contributed by atoms with Crippen LogP contribution in [0.25, 0.3) is 20.9 Å². The van der Waals surface area contributed by atoms with E-state index in [0.29, 0.717) is 13.0 Å². The maximum absolute atomic E-state index is 8.48. The van der Waals surface area contributed by atoms with Crippen molar-refractivity contribution in [1.29, 1.82) is 0 Å². The Balaban J connectivity index is 2.56. The Kier molecular flexibility index (Phi) is 5.70. The van der Waals surface area contributed by atoms with Crippen LogP contribution in [0.4, 0.5) is 0 Å². The van der Waals surface area contributed by atoms with Crippen LogP contribution in [-0.2, 0) is 11.3 Å². The van der Waals surface area contributed by atoms with Gasteiger partial charge in [0.25, 0.3) is 0 Å². The summed E-state index contributed by atoms with van der Waals surface area (Å²) < 4.78 is 5.65. The lowest BCUT2D eigenvalue weighted by Gasteiger charge is -2.22. The summed E-state index contributed by atoms with van der Waals surface area (Å²) in [6.07, 6.45) is 0.134. The first kappa shape index (κ1) is 14.9. The smallest absolute Gasteiger partial charge is 0.126 e. The fourth-order valence-electron chi connectivity index (χ4n) is 1.71. The van der Waals surface area contributed by atoms with Gasteiger partial charge in [-0.05, 0) is 36.9 Å². The summed E-state index contributed by atoms with van der Waals surface area (Å²) in [6.45, 7) is 3.89. The minimum absolute atomic E-state index is 0.193. The molecule has 100 valence electrons. The van der Waals surface area contributed by atoms with Gasteiger partial charge in [0.05, 0.1) is 12.7 Å². The molecule has 1 unspecified atom stereocenters. The zero-order chi connectivity index (χ0) is 14.1. The van der Waals surface area contributed by atoms with Crippen LogP contribution in [0.3, 0.4) is 0 Å². The Morgan fingerprint density at radius 1 is 1.21 bits per heavy atom. The molecule has 1 rings (SSSR count). The molecule has 0 radical (unpaired) electrons. The van der Waals surface area contributed by atoms with Gasteiger partial charge < -0.3 is 4.74 Å². The average Bonchev–Trinajstić information content (AvgIpc) is 2.38. The molecule has 0 saturated heterocycles. The first-order valence-corrected chi connectivity index (χ1v) is 5.87. The third-order valence-corrected chi connectivity index (χ3v) is 2.57. The van der Waals surface area contributed by atoms with Crippen molar-refractivity contribution in [2.45, 2.75) is 38.6 Å². The summed E-state index contributed by atoms with van der Waals surface area (Å²) in [7, 11) is 0. The number of hydrogen-bond acceptors (Lipinski definition) is 3. The molecule has 1 atom stereocenters. The van der Waals surface area contributed by atoms with Crippen LogP contribution < -0.4 is 0 Å². The monoisotopic (exact) mass is 260 g/mol. The van der Waals surface area contributed by atoms with Crippen LogP contribution in [0.15, 0.2) is 40.6 Å². The van der Waals surface area contributed by atoms with Gasteiger partial charge in [-0.25, -0.2) is 0 Å². The predicted molar refractivity (Wildman–Crippen MR) is 72.0 cm³/mol. The topological polar surface area (TPSA) is 107 Å². The van der Waals surface area contributed by atoms with Crippen LogP contribution in [0, 0.1) is 0 Å². The summed E-state index contributed by atoms with van der Waals surface area (Å²) in [5.74, 6) is 0. The molecule has 0 N–H and O–H groups in total. The van der Waals surface area contributed by atoms with Gasteiger partial charge in [-0.3, -0.25) is 0 Å². The molecule has 7 nitrogen and oxygen atoms in total. The quantitative estimate of drug-likeness (QED) is 0.406. The minimum Gasteiger partial charge on any atom is -0.374 e. The van der Waals surface area contributed by atoms with Crippen molar-refractivity contribution in [2.24, 2.45) is 10.2 Å². The molecule has 0 bridgehead atoms. The lowest BCUT2D eigenvalue weighted by atomic mass is 10.1. The molecule has 0 spiro atoms. The van der Waals surface area contributed by atoms with Crippen molar-refractivity contribution in [1.82, 2.24) is 0 Å². The maximum Gasteiger partial charge on any atom is 0.126 e. The van der Waals surface area contributed by atoms with Gasteiger partial charge in [0.1, 0.15) is 5.66 Å². The molecular weight excluding hydrogens is 244 g/mol. The van der Waals surface area contributed by atoms with Gasteiger partial charge >= 0.3 is 0 Å². The second kappa shape index (κ2) is 7.28. The highest BCUT2D eigenvalue weighted by Crippen LogP contribution is 2.22. The Bertz CT molecular complexity index is 472. The van der Waals surface area contributed by atoms with E-state index in [9.17, 15) is 0 Å².